The average molecular weight is 334 g/mol. The lowest BCUT2D eigenvalue weighted by molar-refractivity contribution is 0.714. The number of aryl methyl sites for hydroxylation is 1. The SMILES string of the molecule is CCc1ccc2c(c1)N1C=C(C)C(C)N=CC1C(C1=CCNCC1)=N2. The lowest BCUT2D eigenvalue weighted by atomic mass is 9.94. The minimum absolute atomic E-state index is 0.0869. The van der Waals surface area contributed by atoms with Crippen molar-refractivity contribution in [3.63, 3.8) is 0 Å². The Kier molecular flexibility index (Phi) is 4.30. The maximum Gasteiger partial charge on any atom is 0.111 e. The Morgan fingerprint density at radius 1 is 1.32 bits per heavy atom. The molecule has 25 heavy (non-hydrogen) atoms. The molecule has 0 saturated carbocycles. The van der Waals surface area contributed by atoms with Gasteiger partial charge in [0.05, 0.1) is 23.1 Å². The smallest absolute Gasteiger partial charge is 0.111 e. The summed E-state index contributed by atoms with van der Waals surface area (Å²) in [5, 5.41) is 3.40. The number of aliphatic imine (C=N–C) groups is 2. The van der Waals surface area contributed by atoms with Crippen LogP contribution in [0.2, 0.25) is 0 Å². The van der Waals surface area contributed by atoms with E-state index in [4.69, 9.17) is 9.98 Å². The Hall–Kier alpha value is -2.20. The maximum atomic E-state index is 5.08. The van der Waals surface area contributed by atoms with Crippen LogP contribution in [-0.2, 0) is 6.42 Å². The van der Waals surface area contributed by atoms with Gasteiger partial charge in [0.15, 0.2) is 0 Å². The van der Waals surface area contributed by atoms with E-state index in [0.717, 1.165) is 37.3 Å². The molecule has 0 bridgehead atoms. The molecule has 0 aromatic heterocycles. The molecule has 0 saturated heterocycles. The number of nitrogens with one attached hydrogen (secondary N) is 1. The van der Waals surface area contributed by atoms with Crippen LogP contribution in [0.3, 0.4) is 0 Å². The summed E-state index contributed by atoms with van der Waals surface area (Å²) >= 11 is 0. The fourth-order valence-corrected chi connectivity index (χ4v) is 3.63. The summed E-state index contributed by atoms with van der Waals surface area (Å²) in [5.74, 6) is 0. The number of rotatable bonds is 2. The summed E-state index contributed by atoms with van der Waals surface area (Å²) in [5.41, 5.74) is 7.40. The second-order valence-corrected chi connectivity index (χ2v) is 7.06. The predicted molar refractivity (Wildman–Crippen MR) is 106 cm³/mol. The summed E-state index contributed by atoms with van der Waals surface area (Å²) in [4.78, 5) is 12.2. The van der Waals surface area contributed by atoms with Crippen molar-refractivity contribution < 1.29 is 0 Å². The molecule has 130 valence electrons. The van der Waals surface area contributed by atoms with Crippen molar-refractivity contribution in [1.82, 2.24) is 5.32 Å². The largest absolute Gasteiger partial charge is 0.332 e. The highest BCUT2D eigenvalue weighted by Gasteiger charge is 2.32. The van der Waals surface area contributed by atoms with E-state index >= 15 is 0 Å². The van der Waals surface area contributed by atoms with Gasteiger partial charge < -0.3 is 10.2 Å². The molecule has 2 atom stereocenters. The van der Waals surface area contributed by atoms with Gasteiger partial charge in [-0.05, 0) is 62.1 Å². The standard InChI is InChI=1S/C21H26N4/c1-4-16-5-6-18-19(11-16)25-13-14(2)15(3)23-12-20(25)21(24-18)17-7-9-22-10-8-17/h5-7,11-13,15,20,22H,4,8-10H2,1-3H3. The molecule has 1 N–H and O–H groups in total. The van der Waals surface area contributed by atoms with Crippen LogP contribution in [-0.4, -0.2) is 37.1 Å². The number of anilines is 1. The van der Waals surface area contributed by atoms with E-state index in [1.165, 1.54) is 22.4 Å². The third kappa shape index (κ3) is 2.95. The Labute approximate surface area is 150 Å². The summed E-state index contributed by atoms with van der Waals surface area (Å²) in [6.45, 7) is 8.46. The van der Waals surface area contributed by atoms with Gasteiger partial charge in [-0.25, -0.2) is 4.99 Å². The minimum Gasteiger partial charge on any atom is -0.332 e. The molecule has 0 amide bonds. The number of hydrogen-bond donors (Lipinski definition) is 1. The van der Waals surface area contributed by atoms with Crippen LogP contribution in [0, 0.1) is 0 Å². The van der Waals surface area contributed by atoms with Crippen LogP contribution < -0.4 is 10.2 Å². The van der Waals surface area contributed by atoms with Gasteiger partial charge in [0, 0.05) is 19.0 Å². The second kappa shape index (κ2) is 6.60. The van der Waals surface area contributed by atoms with Gasteiger partial charge in [-0.3, -0.25) is 4.99 Å². The van der Waals surface area contributed by atoms with Gasteiger partial charge in [0.25, 0.3) is 0 Å². The third-order valence-electron chi connectivity index (χ3n) is 5.39. The second-order valence-electron chi connectivity index (χ2n) is 7.06. The first kappa shape index (κ1) is 16.3. The molecular formula is C21H26N4. The highest BCUT2D eigenvalue weighted by molar-refractivity contribution is 6.18. The normalized spacial score (nSPS) is 25.4. The first-order valence-corrected chi connectivity index (χ1v) is 9.29. The molecule has 0 spiro atoms. The van der Waals surface area contributed by atoms with Gasteiger partial charge in [-0.2, -0.15) is 0 Å². The molecule has 1 aromatic carbocycles. The molecule has 0 aliphatic carbocycles. The lowest BCUT2D eigenvalue weighted by Gasteiger charge is -2.35. The third-order valence-corrected chi connectivity index (χ3v) is 5.39. The van der Waals surface area contributed by atoms with Gasteiger partial charge in [-0.1, -0.05) is 19.1 Å². The van der Waals surface area contributed by atoms with Crippen molar-refractivity contribution >= 4 is 23.3 Å². The summed E-state index contributed by atoms with van der Waals surface area (Å²) in [6.07, 6.45) is 8.71. The Morgan fingerprint density at radius 3 is 2.96 bits per heavy atom. The van der Waals surface area contributed by atoms with Gasteiger partial charge >= 0.3 is 0 Å². The zero-order valence-electron chi connectivity index (χ0n) is 15.3. The molecule has 3 aliphatic rings. The van der Waals surface area contributed by atoms with Gasteiger partial charge in [0.1, 0.15) is 6.04 Å². The van der Waals surface area contributed by atoms with E-state index in [0.29, 0.717) is 0 Å². The fraction of sp³-hybridized carbons (Fsp3) is 0.429. The van der Waals surface area contributed by atoms with E-state index in [9.17, 15) is 0 Å². The quantitative estimate of drug-likeness (QED) is 0.893. The van der Waals surface area contributed by atoms with E-state index in [1.807, 2.05) is 0 Å². The predicted octanol–water partition coefficient (Wildman–Crippen LogP) is 3.81. The van der Waals surface area contributed by atoms with Crippen LogP contribution in [0.25, 0.3) is 0 Å². The Bertz CT molecular complexity index is 800. The minimum atomic E-state index is 0.0869. The van der Waals surface area contributed by atoms with E-state index in [1.54, 1.807) is 0 Å². The Balaban J connectivity index is 1.89. The van der Waals surface area contributed by atoms with Crippen LogP contribution in [0.5, 0.6) is 0 Å². The first-order chi connectivity index (χ1) is 12.2. The van der Waals surface area contributed by atoms with E-state index < -0.39 is 0 Å². The molecule has 4 heteroatoms. The summed E-state index contributed by atoms with van der Waals surface area (Å²) < 4.78 is 0. The molecule has 1 aromatic rings. The molecule has 4 rings (SSSR count). The highest BCUT2D eigenvalue weighted by atomic mass is 15.2. The first-order valence-electron chi connectivity index (χ1n) is 9.29. The van der Waals surface area contributed by atoms with Crippen LogP contribution in [0.1, 0.15) is 32.8 Å². The molecular weight excluding hydrogens is 308 g/mol. The molecule has 3 heterocycles. The van der Waals surface area contributed by atoms with E-state index in [-0.39, 0.29) is 12.1 Å². The van der Waals surface area contributed by atoms with Crippen molar-refractivity contribution in [2.75, 3.05) is 18.0 Å². The zero-order valence-corrected chi connectivity index (χ0v) is 15.3. The van der Waals surface area contributed by atoms with E-state index in [2.05, 4.69) is 67.7 Å². The topological polar surface area (TPSA) is 40.0 Å². The van der Waals surface area contributed by atoms with Gasteiger partial charge in [0.2, 0.25) is 0 Å². The lowest BCUT2D eigenvalue weighted by Crippen LogP contribution is -2.43. The van der Waals surface area contributed by atoms with Crippen molar-refractivity contribution in [3.8, 4) is 0 Å². The van der Waals surface area contributed by atoms with Crippen molar-refractivity contribution in [3.05, 3.63) is 47.2 Å². The highest BCUT2D eigenvalue weighted by Crippen LogP contribution is 2.38. The Morgan fingerprint density at radius 2 is 2.20 bits per heavy atom. The van der Waals surface area contributed by atoms with Gasteiger partial charge in [-0.15, -0.1) is 0 Å². The molecule has 2 unspecified atom stereocenters. The monoisotopic (exact) mass is 334 g/mol. The van der Waals surface area contributed by atoms with Crippen molar-refractivity contribution in [2.24, 2.45) is 9.98 Å². The van der Waals surface area contributed by atoms with Crippen LogP contribution in [0.15, 0.2) is 51.6 Å². The maximum absolute atomic E-state index is 5.08. The van der Waals surface area contributed by atoms with Crippen molar-refractivity contribution in [2.45, 2.75) is 45.7 Å². The molecule has 0 fully saturated rings. The molecule has 3 aliphatic heterocycles. The average Bonchev–Trinajstić information content (AvgIpc) is 2.80. The zero-order chi connectivity index (χ0) is 17.4. The number of nitrogens with zero attached hydrogens (tertiary/aromatic N) is 3. The summed E-state index contributed by atoms with van der Waals surface area (Å²) in [6, 6.07) is 6.95. The van der Waals surface area contributed by atoms with Crippen LogP contribution in [0.4, 0.5) is 11.4 Å². The van der Waals surface area contributed by atoms with Crippen LogP contribution >= 0.6 is 0 Å². The molecule has 0 radical (unpaired) electrons. The number of benzene rings is 1. The summed E-state index contributed by atoms with van der Waals surface area (Å²) in [7, 11) is 0. The van der Waals surface area contributed by atoms with Crippen molar-refractivity contribution in [1.29, 1.82) is 0 Å². The molecule has 4 nitrogen and oxygen atoms in total. The number of fused-ring (bicyclic) bond motifs is 3. The number of hydrogen-bond acceptors (Lipinski definition) is 4. The fourth-order valence-electron chi connectivity index (χ4n) is 3.63.